The maximum absolute atomic E-state index is 9.17. The molecule has 1 aliphatic heterocycles. The van der Waals surface area contributed by atoms with Gasteiger partial charge in [-0.25, -0.2) is 4.98 Å². The zero-order chi connectivity index (χ0) is 14.7. The fraction of sp³-hybridized carbons (Fsp3) is 0.294. The Morgan fingerprint density at radius 3 is 2.24 bits per heavy atom. The third-order valence-corrected chi connectivity index (χ3v) is 3.97. The van der Waals surface area contributed by atoms with Crippen molar-refractivity contribution in [2.24, 2.45) is 0 Å². The summed E-state index contributed by atoms with van der Waals surface area (Å²) in [6.07, 6.45) is 1.67. The first-order valence-corrected chi connectivity index (χ1v) is 7.20. The fourth-order valence-electron chi connectivity index (χ4n) is 2.84. The topological polar surface area (TPSA) is 43.2 Å². The summed E-state index contributed by atoms with van der Waals surface area (Å²) in [4.78, 5) is 8.81. The number of nitrogens with zero attached hydrogens (tertiary/aromatic N) is 4. The van der Waals surface area contributed by atoms with Crippen LogP contribution in [-0.4, -0.2) is 31.2 Å². The summed E-state index contributed by atoms with van der Waals surface area (Å²) in [5.74, 6) is 0. The predicted molar refractivity (Wildman–Crippen MR) is 84.6 cm³/mol. The van der Waals surface area contributed by atoms with E-state index in [1.54, 1.807) is 6.20 Å². The number of piperazine rings is 1. The number of anilines is 2. The quantitative estimate of drug-likeness (QED) is 0.847. The van der Waals surface area contributed by atoms with Crippen LogP contribution in [-0.2, 0) is 0 Å². The largest absolute Gasteiger partial charge is 0.368 e. The molecule has 1 aromatic heterocycles. The van der Waals surface area contributed by atoms with Gasteiger partial charge in [0.2, 0.25) is 0 Å². The molecule has 1 saturated heterocycles. The van der Waals surface area contributed by atoms with Crippen LogP contribution >= 0.6 is 0 Å². The van der Waals surface area contributed by atoms with Crippen molar-refractivity contribution in [2.75, 3.05) is 36.0 Å². The van der Waals surface area contributed by atoms with Gasteiger partial charge in [-0.05, 0) is 30.7 Å². The van der Waals surface area contributed by atoms with Crippen LogP contribution < -0.4 is 9.80 Å². The second-order valence-electron chi connectivity index (χ2n) is 5.24. The monoisotopic (exact) mass is 278 g/mol. The van der Waals surface area contributed by atoms with E-state index >= 15 is 0 Å². The molecule has 0 N–H and O–H groups in total. The summed E-state index contributed by atoms with van der Waals surface area (Å²) in [5.41, 5.74) is 4.08. The maximum Gasteiger partial charge on any atom is 0.163 e. The zero-order valence-corrected chi connectivity index (χ0v) is 12.2. The number of rotatable bonds is 2. The van der Waals surface area contributed by atoms with Crippen LogP contribution in [0.5, 0.6) is 0 Å². The highest BCUT2D eigenvalue weighted by Crippen LogP contribution is 2.24. The number of aromatic nitrogens is 1. The summed E-state index contributed by atoms with van der Waals surface area (Å²) in [5, 5.41) is 9.17. The summed E-state index contributed by atoms with van der Waals surface area (Å²) in [6.45, 7) is 5.90. The van der Waals surface area contributed by atoms with Gasteiger partial charge in [-0.1, -0.05) is 18.2 Å². The Kier molecular flexibility index (Phi) is 3.74. The number of para-hydroxylation sites is 1. The van der Waals surface area contributed by atoms with Gasteiger partial charge in [0.05, 0.1) is 5.69 Å². The molecule has 0 bridgehead atoms. The molecular formula is C17H18N4. The van der Waals surface area contributed by atoms with E-state index in [9.17, 15) is 0 Å². The molecular weight excluding hydrogens is 260 g/mol. The van der Waals surface area contributed by atoms with Gasteiger partial charge in [-0.15, -0.1) is 0 Å². The predicted octanol–water partition coefficient (Wildman–Crippen LogP) is 2.59. The summed E-state index contributed by atoms with van der Waals surface area (Å²) in [6, 6.07) is 14.5. The van der Waals surface area contributed by atoms with Crippen LogP contribution in [0.25, 0.3) is 0 Å². The highest BCUT2D eigenvalue weighted by molar-refractivity contribution is 5.58. The van der Waals surface area contributed by atoms with Gasteiger partial charge >= 0.3 is 0 Å². The van der Waals surface area contributed by atoms with Crippen molar-refractivity contribution < 1.29 is 0 Å². The molecule has 1 aliphatic rings. The SMILES string of the molecule is Cc1ccccc1N1CCN(c2cccnc2C#N)CC1. The summed E-state index contributed by atoms with van der Waals surface area (Å²) < 4.78 is 0. The molecule has 3 rings (SSSR count). The summed E-state index contributed by atoms with van der Waals surface area (Å²) >= 11 is 0. The van der Waals surface area contributed by atoms with Gasteiger partial charge in [0, 0.05) is 38.1 Å². The standard InChI is InChI=1S/C17H18N4/c1-14-5-2-3-6-16(14)20-9-11-21(12-10-20)17-7-4-8-19-15(17)13-18/h2-8H,9-12H2,1H3. The Bertz CT molecular complexity index is 666. The lowest BCUT2D eigenvalue weighted by Crippen LogP contribution is -2.47. The average molecular weight is 278 g/mol. The molecule has 4 heteroatoms. The number of hydrogen-bond donors (Lipinski definition) is 0. The van der Waals surface area contributed by atoms with Gasteiger partial charge < -0.3 is 9.80 Å². The second-order valence-corrected chi connectivity index (χ2v) is 5.24. The first kappa shape index (κ1) is 13.4. The number of aryl methyl sites for hydroxylation is 1. The van der Waals surface area contributed by atoms with Gasteiger partial charge in [0.25, 0.3) is 0 Å². The van der Waals surface area contributed by atoms with Crippen molar-refractivity contribution in [3.8, 4) is 6.07 Å². The van der Waals surface area contributed by atoms with Gasteiger partial charge in [0.1, 0.15) is 6.07 Å². The number of pyridine rings is 1. The van der Waals surface area contributed by atoms with E-state index in [0.717, 1.165) is 31.9 Å². The Hall–Kier alpha value is -2.54. The van der Waals surface area contributed by atoms with Crippen LogP contribution in [0.4, 0.5) is 11.4 Å². The molecule has 106 valence electrons. The van der Waals surface area contributed by atoms with Gasteiger partial charge in [-0.3, -0.25) is 0 Å². The Balaban J connectivity index is 1.74. The first-order valence-electron chi connectivity index (χ1n) is 7.20. The molecule has 0 aliphatic carbocycles. The van der Waals surface area contributed by atoms with E-state index in [2.05, 4.69) is 52.0 Å². The average Bonchev–Trinajstić information content (AvgIpc) is 2.55. The summed E-state index contributed by atoms with van der Waals surface area (Å²) in [7, 11) is 0. The lowest BCUT2D eigenvalue weighted by Gasteiger charge is -2.38. The van der Waals surface area contributed by atoms with Crippen LogP contribution in [0.15, 0.2) is 42.6 Å². The molecule has 0 unspecified atom stereocenters. The Morgan fingerprint density at radius 1 is 0.952 bits per heavy atom. The minimum atomic E-state index is 0.516. The van der Waals surface area contributed by atoms with E-state index in [1.807, 2.05) is 12.1 Å². The molecule has 0 amide bonds. The van der Waals surface area contributed by atoms with Crippen molar-refractivity contribution in [3.63, 3.8) is 0 Å². The molecule has 4 nitrogen and oxygen atoms in total. The van der Waals surface area contributed by atoms with Crippen LogP contribution in [0, 0.1) is 18.3 Å². The van der Waals surface area contributed by atoms with Crippen LogP contribution in [0.2, 0.25) is 0 Å². The second kappa shape index (κ2) is 5.84. The van der Waals surface area contributed by atoms with Crippen molar-refractivity contribution in [1.82, 2.24) is 4.98 Å². The lowest BCUT2D eigenvalue weighted by molar-refractivity contribution is 0.651. The minimum Gasteiger partial charge on any atom is -0.368 e. The molecule has 21 heavy (non-hydrogen) atoms. The minimum absolute atomic E-state index is 0.516. The van der Waals surface area contributed by atoms with Crippen molar-refractivity contribution in [2.45, 2.75) is 6.92 Å². The van der Waals surface area contributed by atoms with E-state index in [-0.39, 0.29) is 0 Å². The molecule has 1 fully saturated rings. The maximum atomic E-state index is 9.17. The van der Waals surface area contributed by atoms with E-state index in [4.69, 9.17) is 5.26 Å². The molecule has 0 saturated carbocycles. The number of benzene rings is 1. The van der Waals surface area contributed by atoms with Crippen LogP contribution in [0.3, 0.4) is 0 Å². The molecule has 0 spiro atoms. The normalized spacial score (nSPS) is 14.9. The molecule has 0 atom stereocenters. The highest BCUT2D eigenvalue weighted by atomic mass is 15.3. The van der Waals surface area contributed by atoms with E-state index in [0.29, 0.717) is 5.69 Å². The fourth-order valence-corrected chi connectivity index (χ4v) is 2.84. The zero-order valence-electron chi connectivity index (χ0n) is 12.2. The Labute approximate surface area is 125 Å². The van der Waals surface area contributed by atoms with Gasteiger partial charge in [0.15, 0.2) is 5.69 Å². The molecule has 0 radical (unpaired) electrons. The third kappa shape index (κ3) is 2.68. The van der Waals surface area contributed by atoms with Gasteiger partial charge in [-0.2, -0.15) is 5.26 Å². The smallest absolute Gasteiger partial charge is 0.163 e. The van der Waals surface area contributed by atoms with Crippen molar-refractivity contribution >= 4 is 11.4 Å². The highest BCUT2D eigenvalue weighted by Gasteiger charge is 2.20. The first-order chi connectivity index (χ1) is 10.3. The third-order valence-electron chi connectivity index (χ3n) is 3.97. The molecule has 2 heterocycles. The van der Waals surface area contributed by atoms with Crippen molar-refractivity contribution in [3.05, 3.63) is 53.9 Å². The van der Waals surface area contributed by atoms with E-state index < -0.39 is 0 Å². The molecule has 2 aromatic rings. The van der Waals surface area contributed by atoms with Crippen LogP contribution in [0.1, 0.15) is 11.3 Å². The molecule has 1 aromatic carbocycles. The number of hydrogen-bond acceptors (Lipinski definition) is 4. The Morgan fingerprint density at radius 2 is 1.57 bits per heavy atom. The number of nitriles is 1. The lowest BCUT2D eigenvalue weighted by atomic mass is 10.1. The van der Waals surface area contributed by atoms with Crippen molar-refractivity contribution in [1.29, 1.82) is 5.26 Å². The van der Waals surface area contributed by atoms with E-state index in [1.165, 1.54) is 11.3 Å².